The highest BCUT2D eigenvalue weighted by atomic mass is 35.5. The summed E-state index contributed by atoms with van der Waals surface area (Å²) in [6.07, 6.45) is 1.68. The lowest BCUT2D eigenvalue weighted by atomic mass is 10.1. The number of aliphatic carboxylic acids is 1. The summed E-state index contributed by atoms with van der Waals surface area (Å²) in [5, 5.41) is 9.36. The van der Waals surface area contributed by atoms with Crippen LogP contribution in [0.4, 0.5) is 4.39 Å². The third-order valence-electron chi connectivity index (χ3n) is 2.83. The second-order valence-corrected chi connectivity index (χ2v) is 6.09. The van der Waals surface area contributed by atoms with Crippen molar-refractivity contribution in [3.8, 4) is 5.69 Å². The van der Waals surface area contributed by atoms with Crippen molar-refractivity contribution >= 4 is 29.3 Å². The minimum Gasteiger partial charge on any atom is -0.481 e. The van der Waals surface area contributed by atoms with Crippen LogP contribution in [0, 0.1) is 5.82 Å². The van der Waals surface area contributed by atoms with Gasteiger partial charge in [0.15, 0.2) is 5.16 Å². The summed E-state index contributed by atoms with van der Waals surface area (Å²) in [6.45, 7) is 3.98. The standard InChI is InChI=1S/C14H14ClFN2O2S/c1-8(2)12-6-17-14(21-7-13(19)20)18(12)9-3-4-10(15)11(16)5-9/h3-6,8H,7H2,1-2H3,(H,19,20). The van der Waals surface area contributed by atoms with Gasteiger partial charge in [0.1, 0.15) is 5.82 Å². The quantitative estimate of drug-likeness (QED) is 0.844. The topological polar surface area (TPSA) is 55.1 Å². The van der Waals surface area contributed by atoms with Crippen molar-refractivity contribution in [1.29, 1.82) is 0 Å². The van der Waals surface area contributed by atoms with E-state index in [1.54, 1.807) is 16.8 Å². The molecule has 0 unspecified atom stereocenters. The first-order chi connectivity index (χ1) is 9.90. The van der Waals surface area contributed by atoms with Gasteiger partial charge in [-0.25, -0.2) is 9.37 Å². The van der Waals surface area contributed by atoms with E-state index in [1.165, 1.54) is 12.1 Å². The van der Waals surface area contributed by atoms with E-state index in [1.807, 2.05) is 13.8 Å². The summed E-state index contributed by atoms with van der Waals surface area (Å²) < 4.78 is 15.4. The van der Waals surface area contributed by atoms with Crippen LogP contribution in [0.2, 0.25) is 5.02 Å². The summed E-state index contributed by atoms with van der Waals surface area (Å²) >= 11 is 6.80. The number of carbonyl (C=O) groups is 1. The molecular formula is C14H14ClFN2O2S. The Hall–Kier alpha value is -1.53. The lowest BCUT2D eigenvalue weighted by molar-refractivity contribution is -0.133. The van der Waals surface area contributed by atoms with Gasteiger partial charge in [-0.2, -0.15) is 0 Å². The van der Waals surface area contributed by atoms with Gasteiger partial charge in [-0.1, -0.05) is 37.2 Å². The van der Waals surface area contributed by atoms with Crippen LogP contribution in [0.3, 0.4) is 0 Å². The van der Waals surface area contributed by atoms with Gasteiger partial charge in [0.2, 0.25) is 0 Å². The monoisotopic (exact) mass is 328 g/mol. The van der Waals surface area contributed by atoms with Gasteiger partial charge in [-0.05, 0) is 24.1 Å². The van der Waals surface area contributed by atoms with Crippen LogP contribution < -0.4 is 0 Å². The fourth-order valence-corrected chi connectivity index (χ4v) is 2.70. The summed E-state index contributed by atoms with van der Waals surface area (Å²) in [4.78, 5) is 15.0. The van der Waals surface area contributed by atoms with Crippen LogP contribution in [0.25, 0.3) is 5.69 Å². The molecule has 1 aromatic carbocycles. The number of carboxylic acid groups (broad SMARTS) is 1. The number of aromatic nitrogens is 2. The molecule has 2 rings (SSSR count). The lowest BCUT2D eigenvalue weighted by Crippen LogP contribution is -2.06. The van der Waals surface area contributed by atoms with Gasteiger partial charge in [0, 0.05) is 5.69 Å². The fourth-order valence-electron chi connectivity index (χ4n) is 1.87. The molecule has 1 heterocycles. The molecule has 0 amide bonds. The molecular weight excluding hydrogens is 315 g/mol. The average molecular weight is 329 g/mol. The van der Waals surface area contributed by atoms with Crippen molar-refractivity contribution < 1.29 is 14.3 Å². The third kappa shape index (κ3) is 3.57. The minimum atomic E-state index is -0.928. The van der Waals surface area contributed by atoms with E-state index >= 15 is 0 Å². The van der Waals surface area contributed by atoms with Crippen molar-refractivity contribution in [2.45, 2.75) is 24.9 Å². The molecule has 1 N–H and O–H groups in total. The highest BCUT2D eigenvalue weighted by Crippen LogP contribution is 2.29. The number of carboxylic acids is 1. The highest BCUT2D eigenvalue weighted by molar-refractivity contribution is 7.99. The minimum absolute atomic E-state index is 0.0460. The summed E-state index contributed by atoms with van der Waals surface area (Å²) in [5.74, 6) is -1.39. The smallest absolute Gasteiger partial charge is 0.313 e. The van der Waals surface area contributed by atoms with Crippen LogP contribution in [-0.2, 0) is 4.79 Å². The molecule has 7 heteroatoms. The van der Waals surface area contributed by atoms with Crippen molar-refractivity contribution in [1.82, 2.24) is 9.55 Å². The molecule has 0 radical (unpaired) electrons. The first kappa shape index (κ1) is 15.9. The van der Waals surface area contributed by atoms with Gasteiger partial charge < -0.3 is 5.11 Å². The molecule has 21 heavy (non-hydrogen) atoms. The molecule has 0 spiro atoms. The largest absolute Gasteiger partial charge is 0.481 e. The number of benzene rings is 1. The number of rotatable bonds is 5. The highest BCUT2D eigenvalue weighted by Gasteiger charge is 2.16. The Kier molecular flexibility index (Phi) is 4.90. The van der Waals surface area contributed by atoms with Crippen molar-refractivity contribution in [3.05, 3.63) is 40.9 Å². The van der Waals surface area contributed by atoms with Crippen LogP contribution >= 0.6 is 23.4 Å². The predicted octanol–water partition coefficient (Wildman–Crippen LogP) is 3.96. The van der Waals surface area contributed by atoms with Gasteiger partial charge in [-0.3, -0.25) is 9.36 Å². The van der Waals surface area contributed by atoms with Gasteiger partial charge in [0.25, 0.3) is 0 Å². The molecule has 0 aliphatic carbocycles. The fraction of sp³-hybridized carbons (Fsp3) is 0.286. The molecule has 0 bridgehead atoms. The van der Waals surface area contributed by atoms with Crippen LogP contribution in [0.1, 0.15) is 25.5 Å². The van der Waals surface area contributed by atoms with E-state index in [9.17, 15) is 9.18 Å². The first-order valence-corrected chi connectivity index (χ1v) is 7.64. The number of hydrogen-bond acceptors (Lipinski definition) is 3. The molecule has 0 saturated carbocycles. The number of thioether (sulfide) groups is 1. The van der Waals surface area contributed by atoms with Gasteiger partial charge >= 0.3 is 5.97 Å². The molecule has 0 fully saturated rings. The Morgan fingerprint density at radius 2 is 2.24 bits per heavy atom. The predicted molar refractivity (Wildman–Crippen MR) is 81.0 cm³/mol. The van der Waals surface area contributed by atoms with E-state index in [0.717, 1.165) is 17.5 Å². The Balaban J connectivity index is 2.49. The molecule has 0 saturated heterocycles. The zero-order valence-electron chi connectivity index (χ0n) is 11.5. The molecule has 1 aromatic heterocycles. The molecule has 112 valence electrons. The van der Waals surface area contributed by atoms with Gasteiger partial charge in [-0.15, -0.1) is 0 Å². The third-order valence-corrected chi connectivity index (χ3v) is 4.08. The SMILES string of the molecule is CC(C)c1cnc(SCC(=O)O)n1-c1ccc(Cl)c(F)c1. The zero-order valence-corrected chi connectivity index (χ0v) is 13.1. The lowest BCUT2D eigenvalue weighted by Gasteiger charge is -2.14. The number of imidazole rings is 1. The average Bonchev–Trinajstić information content (AvgIpc) is 2.83. The second-order valence-electron chi connectivity index (χ2n) is 4.74. The van der Waals surface area contributed by atoms with Crippen molar-refractivity contribution in [3.63, 3.8) is 0 Å². The van der Waals surface area contributed by atoms with Crippen LogP contribution in [0.15, 0.2) is 29.6 Å². The van der Waals surface area contributed by atoms with Crippen molar-refractivity contribution in [2.75, 3.05) is 5.75 Å². The Morgan fingerprint density at radius 3 is 2.81 bits per heavy atom. The molecule has 4 nitrogen and oxygen atoms in total. The number of halogens is 2. The van der Waals surface area contributed by atoms with E-state index in [4.69, 9.17) is 16.7 Å². The molecule has 0 atom stereocenters. The first-order valence-electron chi connectivity index (χ1n) is 6.27. The van der Waals surface area contributed by atoms with Crippen LogP contribution in [0.5, 0.6) is 0 Å². The van der Waals surface area contributed by atoms with Crippen LogP contribution in [-0.4, -0.2) is 26.4 Å². The second kappa shape index (κ2) is 6.49. The van der Waals surface area contributed by atoms with E-state index < -0.39 is 11.8 Å². The number of nitrogens with zero attached hydrogens (tertiary/aromatic N) is 2. The molecule has 2 aromatic rings. The van der Waals surface area contributed by atoms with E-state index in [-0.39, 0.29) is 16.7 Å². The normalized spacial score (nSPS) is 11.1. The Morgan fingerprint density at radius 1 is 1.52 bits per heavy atom. The zero-order chi connectivity index (χ0) is 15.6. The van der Waals surface area contributed by atoms with E-state index in [0.29, 0.717) is 10.8 Å². The maximum atomic E-state index is 13.7. The molecule has 0 aliphatic rings. The Bertz CT molecular complexity index is 673. The summed E-state index contributed by atoms with van der Waals surface area (Å²) in [7, 11) is 0. The Labute approximate surface area is 130 Å². The summed E-state index contributed by atoms with van der Waals surface area (Å²) in [6, 6.07) is 4.48. The van der Waals surface area contributed by atoms with Crippen molar-refractivity contribution in [2.24, 2.45) is 0 Å². The maximum absolute atomic E-state index is 13.7. The van der Waals surface area contributed by atoms with E-state index in [2.05, 4.69) is 4.98 Å². The number of hydrogen-bond donors (Lipinski definition) is 1. The summed E-state index contributed by atoms with van der Waals surface area (Å²) in [5.41, 5.74) is 1.45. The van der Waals surface area contributed by atoms with Gasteiger partial charge in [0.05, 0.1) is 22.7 Å². The molecule has 0 aliphatic heterocycles. The maximum Gasteiger partial charge on any atom is 0.313 e.